The first-order valence-electron chi connectivity index (χ1n) is 6.14. The minimum absolute atomic E-state index is 0.361. The molecule has 0 aromatic heterocycles. The van der Waals surface area contributed by atoms with Gasteiger partial charge in [0.1, 0.15) is 0 Å². The van der Waals surface area contributed by atoms with Crippen LogP contribution < -0.4 is 0 Å². The highest BCUT2D eigenvalue weighted by atomic mass is 31.0. The summed E-state index contributed by atoms with van der Waals surface area (Å²) in [6.45, 7) is 4.76. The molecule has 1 unspecified atom stereocenters. The van der Waals surface area contributed by atoms with Crippen molar-refractivity contribution < 1.29 is 5.11 Å². The lowest BCUT2D eigenvalue weighted by atomic mass is 10.2. The van der Waals surface area contributed by atoms with Gasteiger partial charge in [-0.3, -0.25) is 0 Å². The van der Waals surface area contributed by atoms with Crippen molar-refractivity contribution in [3.63, 3.8) is 0 Å². The molecule has 1 nitrogen and oxygen atoms in total. The molecule has 0 aliphatic carbocycles. The lowest BCUT2D eigenvalue weighted by Crippen LogP contribution is -1.80. The topological polar surface area (TPSA) is 20.2 Å². The van der Waals surface area contributed by atoms with Crippen molar-refractivity contribution in [3.05, 3.63) is 0 Å². The monoisotopic (exact) mass is 220 g/mol. The zero-order valence-corrected chi connectivity index (χ0v) is 11.3. The molecule has 0 amide bonds. The second-order valence-corrected chi connectivity index (χ2v) is 4.21. The maximum absolute atomic E-state index is 8.29. The van der Waals surface area contributed by atoms with Crippen LogP contribution in [0.25, 0.3) is 0 Å². The van der Waals surface area contributed by atoms with Crippen LogP contribution in [0.15, 0.2) is 0 Å². The Labute approximate surface area is 92.9 Å². The van der Waals surface area contributed by atoms with E-state index >= 15 is 0 Å². The van der Waals surface area contributed by atoms with Crippen LogP contribution in [0.2, 0.25) is 0 Å². The van der Waals surface area contributed by atoms with Crippen molar-refractivity contribution in [1.82, 2.24) is 0 Å². The standard InChI is InChI=1S/C6H14O.C6H15P/c2*1-2-3-4-5-6-7/h7H,2-6H2,1H3;2-7H2,1H3. The predicted octanol–water partition coefficient (Wildman–Crippen LogP) is 4.00. The molecule has 88 valence electrons. The van der Waals surface area contributed by atoms with E-state index in [1.54, 1.807) is 0 Å². The minimum atomic E-state index is 0.361. The Morgan fingerprint density at radius 2 is 1.29 bits per heavy atom. The van der Waals surface area contributed by atoms with E-state index in [4.69, 9.17) is 5.11 Å². The van der Waals surface area contributed by atoms with Gasteiger partial charge in [-0.1, -0.05) is 52.4 Å². The summed E-state index contributed by atoms with van der Waals surface area (Å²) in [6.07, 6.45) is 11.5. The van der Waals surface area contributed by atoms with E-state index in [9.17, 15) is 0 Å². The van der Waals surface area contributed by atoms with Crippen molar-refractivity contribution >= 4 is 9.24 Å². The Balaban J connectivity index is 0. The van der Waals surface area contributed by atoms with E-state index in [1.807, 2.05) is 0 Å². The fourth-order valence-electron chi connectivity index (χ4n) is 1.11. The highest BCUT2D eigenvalue weighted by molar-refractivity contribution is 7.16. The van der Waals surface area contributed by atoms with E-state index in [1.165, 1.54) is 51.1 Å². The molecule has 0 aliphatic rings. The van der Waals surface area contributed by atoms with Crippen LogP contribution in [0.3, 0.4) is 0 Å². The fourth-order valence-corrected chi connectivity index (χ4v) is 1.40. The largest absolute Gasteiger partial charge is 0.396 e. The molecule has 0 rings (SSSR count). The Bertz CT molecular complexity index is 58.7. The average molecular weight is 220 g/mol. The Kier molecular flexibility index (Phi) is 22.9. The van der Waals surface area contributed by atoms with Crippen LogP contribution in [0, 0.1) is 0 Å². The maximum Gasteiger partial charge on any atom is 0.0431 e. The van der Waals surface area contributed by atoms with E-state index in [0.717, 1.165) is 6.42 Å². The van der Waals surface area contributed by atoms with E-state index < -0.39 is 0 Å². The van der Waals surface area contributed by atoms with Gasteiger partial charge in [0.25, 0.3) is 0 Å². The highest BCUT2D eigenvalue weighted by Crippen LogP contribution is 2.00. The third-order valence-electron chi connectivity index (χ3n) is 2.07. The molecule has 0 aromatic rings. The van der Waals surface area contributed by atoms with Crippen LogP contribution in [0.5, 0.6) is 0 Å². The Morgan fingerprint density at radius 3 is 1.64 bits per heavy atom. The van der Waals surface area contributed by atoms with Gasteiger partial charge in [-0.15, -0.1) is 9.24 Å². The summed E-state index contributed by atoms with van der Waals surface area (Å²) in [7, 11) is 2.75. The summed E-state index contributed by atoms with van der Waals surface area (Å²) in [6, 6.07) is 0. The van der Waals surface area contributed by atoms with Gasteiger partial charge in [-0.25, -0.2) is 0 Å². The fraction of sp³-hybridized carbons (Fsp3) is 1.00. The molecular formula is C12H29OP. The van der Waals surface area contributed by atoms with Crippen LogP contribution in [-0.4, -0.2) is 17.9 Å². The SMILES string of the molecule is CCCCCCO.CCCCCCP. The smallest absolute Gasteiger partial charge is 0.0431 e. The quantitative estimate of drug-likeness (QED) is 0.484. The van der Waals surface area contributed by atoms with Gasteiger partial charge >= 0.3 is 0 Å². The second-order valence-electron chi connectivity index (χ2n) is 3.63. The molecular weight excluding hydrogens is 191 g/mol. The van der Waals surface area contributed by atoms with Crippen molar-refractivity contribution in [2.45, 2.75) is 65.2 Å². The summed E-state index contributed by atoms with van der Waals surface area (Å²) >= 11 is 0. The number of aliphatic hydroxyl groups excluding tert-OH is 1. The Hall–Kier alpha value is 0.390. The maximum atomic E-state index is 8.29. The molecule has 1 N–H and O–H groups in total. The lowest BCUT2D eigenvalue weighted by Gasteiger charge is -1.90. The van der Waals surface area contributed by atoms with Crippen LogP contribution in [0.4, 0.5) is 0 Å². The number of hydrogen-bond donors (Lipinski definition) is 1. The second kappa shape index (κ2) is 19.0. The van der Waals surface area contributed by atoms with Crippen molar-refractivity contribution in [3.8, 4) is 0 Å². The van der Waals surface area contributed by atoms with Gasteiger partial charge in [0.2, 0.25) is 0 Å². The summed E-state index contributed by atoms with van der Waals surface area (Å²) in [5.74, 6) is 0. The third kappa shape index (κ3) is 22.8. The first-order chi connectivity index (χ1) is 6.83. The Morgan fingerprint density at radius 1 is 0.786 bits per heavy atom. The van der Waals surface area contributed by atoms with E-state index in [-0.39, 0.29) is 0 Å². The number of unbranched alkanes of at least 4 members (excludes halogenated alkanes) is 6. The van der Waals surface area contributed by atoms with Crippen LogP contribution in [0.1, 0.15) is 65.2 Å². The van der Waals surface area contributed by atoms with Gasteiger partial charge in [0.05, 0.1) is 0 Å². The van der Waals surface area contributed by atoms with Crippen molar-refractivity contribution in [2.75, 3.05) is 12.8 Å². The van der Waals surface area contributed by atoms with Crippen molar-refractivity contribution in [1.29, 1.82) is 0 Å². The van der Waals surface area contributed by atoms with Crippen molar-refractivity contribution in [2.24, 2.45) is 0 Å². The van der Waals surface area contributed by atoms with Gasteiger partial charge in [-0.05, 0) is 19.0 Å². The third-order valence-corrected chi connectivity index (χ3v) is 2.48. The molecule has 0 bridgehead atoms. The normalized spacial score (nSPS) is 9.43. The molecule has 0 aliphatic heterocycles. The molecule has 1 atom stereocenters. The zero-order valence-electron chi connectivity index (χ0n) is 10.1. The summed E-state index contributed by atoms with van der Waals surface area (Å²) < 4.78 is 0. The van der Waals surface area contributed by atoms with Crippen LogP contribution in [-0.2, 0) is 0 Å². The molecule has 0 saturated carbocycles. The molecule has 2 heteroatoms. The average Bonchev–Trinajstić information content (AvgIpc) is 2.21. The lowest BCUT2D eigenvalue weighted by molar-refractivity contribution is 0.283. The summed E-state index contributed by atoms with van der Waals surface area (Å²) in [5.41, 5.74) is 0. The van der Waals surface area contributed by atoms with Crippen LogP contribution >= 0.6 is 9.24 Å². The van der Waals surface area contributed by atoms with Gasteiger partial charge < -0.3 is 5.11 Å². The minimum Gasteiger partial charge on any atom is -0.396 e. The van der Waals surface area contributed by atoms with E-state index in [2.05, 4.69) is 23.1 Å². The summed E-state index contributed by atoms with van der Waals surface area (Å²) in [5, 5.41) is 8.29. The molecule has 0 saturated heterocycles. The summed E-state index contributed by atoms with van der Waals surface area (Å²) in [4.78, 5) is 0. The van der Waals surface area contributed by atoms with E-state index in [0.29, 0.717) is 6.61 Å². The number of hydrogen-bond acceptors (Lipinski definition) is 1. The highest BCUT2D eigenvalue weighted by Gasteiger charge is 1.81. The van der Waals surface area contributed by atoms with Gasteiger partial charge in [0.15, 0.2) is 0 Å². The molecule has 0 aromatic carbocycles. The zero-order chi connectivity index (χ0) is 11.1. The molecule has 14 heavy (non-hydrogen) atoms. The number of aliphatic hydroxyl groups is 1. The first kappa shape index (κ1) is 16.8. The predicted molar refractivity (Wildman–Crippen MR) is 69.9 cm³/mol. The first-order valence-corrected chi connectivity index (χ1v) is 6.96. The molecule has 0 radical (unpaired) electrons. The number of rotatable bonds is 8. The van der Waals surface area contributed by atoms with Gasteiger partial charge in [0, 0.05) is 6.61 Å². The molecule has 0 fully saturated rings. The van der Waals surface area contributed by atoms with Gasteiger partial charge in [-0.2, -0.15) is 0 Å². The molecule has 0 spiro atoms. The molecule has 0 heterocycles.